The molecule has 21 heavy (non-hydrogen) atoms. The van der Waals surface area contributed by atoms with Gasteiger partial charge in [-0.1, -0.05) is 31.4 Å². The predicted molar refractivity (Wildman–Crippen MR) is 88.1 cm³/mol. The summed E-state index contributed by atoms with van der Waals surface area (Å²) in [5, 5.41) is 13.4. The highest BCUT2D eigenvalue weighted by Crippen LogP contribution is 2.23. The van der Waals surface area contributed by atoms with Crippen LogP contribution in [0.1, 0.15) is 32.1 Å². The van der Waals surface area contributed by atoms with E-state index in [1.165, 1.54) is 19.3 Å². The highest BCUT2D eigenvalue weighted by atomic mass is 16.5. The fraction of sp³-hybridized carbons (Fsp3) is 0.647. The summed E-state index contributed by atoms with van der Waals surface area (Å²) >= 11 is 0. The Morgan fingerprint density at radius 1 is 1.24 bits per heavy atom. The van der Waals surface area contributed by atoms with E-state index in [0.29, 0.717) is 19.3 Å². The average Bonchev–Trinajstić information content (AvgIpc) is 2.52. The van der Waals surface area contributed by atoms with E-state index in [-0.39, 0.29) is 0 Å². The van der Waals surface area contributed by atoms with Gasteiger partial charge in [-0.2, -0.15) is 0 Å². The fourth-order valence-corrected chi connectivity index (χ4v) is 2.78. The lowest BCUT2D eigenvalue weighted by molar-refractivity contribution is -0.0195. The van der Waals surface area contributed by atoms with Gasteiger partial charge >= 0.3 is 0 Å². The van der Waals surface area contributed by atoms with E-state index in [4.69, 9.17) is 4.74 Å². The molecule has 0 aliphatic heterocycles. The molecule has 1 saturated carbocycles. The van der Waals surface area contributed by atoms with Crippen LogP contribution in [0.3, 0.4) is 0 Å². The normalized spacial score (nSPS) is 17.5. The van der Waals surface area contributed by atoms with Crippen LogP contribution in [0.25, 0.3) is 0 Å². The Balaban J connectivity index is 1.74. The van der Waals surface area contributed by atoms with Gasteiger partial charge in [0.25, 0.3) is 0 Å². The highest BCUT2D eigenvalue weighted by Gasteiger charge is 2.15. The van der Waals surface area contributed by atoms with Crippen molar-refractivity contribution in [3.05, 3.63) is 24.3 Å². The molecule has 1 atom stereocenters. The van der Waals surface area contributed by atoms with Gasteiger partial charge in [0.05, 0.1) is 30.2 Å². The number of nitrogens with zero attached hydrogens (tertiary/aromatic N) is 1. The first-order valence-corrected chi connectivity index (χ1v) is 7.96. The Hall–Kier alpha value is -1.26. The molecule has 1 fully saturated rings. The van der Waals surface area contributed by atoms with Crippen LogP contribution in [-0.2, 0) is 4.74 Å². The van der Waals surface area contributed by atoms with Gasteiger partial charge in [-0.25, -0.2) is 0 Å². The van der Waals surface area contributed by atoms with Crippen molar-refractivity contribution in [2.24, 2.45) is 0 Å². The molecule has 2 rings (SSSR count). The van der Waals surface area contributed by atoms with Crippen LogP contribution in [0.5, 0.6) is 0 Å². The molecule has 0 heterocycles. The molecule has 118 valence electrons. The van der Waals surface area contributed by atoms with Gasteiger partial charge in [-0.15, -0.1) is 0 Å². The summed E-state index contributed by atoms with van der Waals surface area (Å²) in [7, 11) is 4.03. The molecular weight excluding hydrogens is 264 g/mol. The minimum absolute atomic E-state index is 0.350. The first-order valence-electron chi connectivity index (χ1n) is 7.96. The van der Waals surface area contributed by atoms with E-state index in [9.17, 15) is 5.11 Å². The van der Waals surface area contributed by atoms with Crippen molar-refractivity contribution in [3.63, 3.8) is 0 Å². The Morgan fingerprint density at radius 3 is 2.67 bits per heavy atom. The minimum atomic E-state index is -0.470. The zero-order valence-corrected chi connectivity index (χ0v) is 13.2. The van der Waals surface area contributed by atoms with E-state index >= 15 is 0 Å². The molecule has 0 amide bonds. The molecule has 1 aliphatic carbocycles. The third-order valence-electron chi connectivity index (χ3n) is 3.99. The van der Waals surface area contributed by atoms with E-state index in [2.05, 4.69) is 16.3 Å². The second-order valence-electron chi connectivity index (χ2n) is 6.04. The molecular formula is C17H28N2O2. The minimum Gasteiger partial charge on any atom is -0.389 e. The summed E-state index contributed by atoms with van der Waals surface area (Å²) in [6, 6.07) is 8.11. The third kappa shape index (κ3) is 5.21. The number of nitrogens with one attached hydrogen (secondary N) is 1. The number of para-hydroxylation sites is 2. The zero-order valence-electron chi connectivity index (χ0n) is 13.2. The molecule has 1 unspecified atom stereocenters. The Labute approximate surface area is 128 Å². The smallest absolute Gasteiger partial charge is 0.0945 e. The lowest BCUT2D eigenvalue weighted by atomic mass is 9.98. The first kappa shape index (κ1) is 16.1. The van der Waals surface area contributed by atoms with Crippen LogP contribution in [0, 0.1) is 0 Å². The highest BCUT2D eigenvalue weighted by molar-refractivity contribution is 5.69. The number of aliphatic hydroxyl groups excluding tert-OH is 1. The monoisotopic (exact) mass is 292 g/mol. The molecule has 1 aromatic carbocycles. The standard InChI is InChI=1S/C17H28N2O2/c1-19(2)17-11-7-6-10-16(17)18-12-14(20)13-21-15-8-4-3-5-9-15/h6-7,10-11,14-15,18,20H,3-5,8-9,12-13H2,1-2H3. The van der Waals surface area contributed by atoms with Crippen LogP contribution in [-0.4, -0.2) is 44.6 Å². The molecule has 4 nitrogen and oxygen atoms in total. The summed E-state index contributed by atoms with van der Waals surface area (Å²) in [5.41, 5.74) is 2.16. The summed E-state index contributed by atoms with van der Waals surface area (Å²) in [4.78, 5) is 2.06. The maximum absolute atomic E-state index is 10.1. The number of rotatable bonds is 7. The number of benzene rings is 1. The van der Waals surface area contributed by atoms with Gasteiger partial charge in [0, 0.05) is 20.6 Å². The zero-order chi connectivity index (χ0) is 15.1. The Kier molecular flexibility index (Phi) is 6.33. The number of hydrogen-bond acceptors (Lipinski definition) is 4. The van der Waals surface area contributed by atoms with Crippen molar-refractivity contribution in [1.82, 2.24) is 0 Å². The maximum Gasteiger partial charge on any atom is 0.0945 e. The van der Waals surface area contributed by atoms with Crippen molar-refractivity contribution in [1.29, 1.82) is 0 Å². The Bertz CT molecular complexity index is 417. The van der Waals surface area contributed by atoms with E-state index in [1.807, 2.05) is 32.3 Å². The Morgan fingerprint density at radius 2 is 1.95 bits per heavy atom. The largest absolute Gasteiger partial charge is 0.389 e. The predicted octanol–water partition coefficient (Wildman–Crippen LogP) is 2.87. The molecule has 0 radical (unpaired) electrons. The SMILES string of the molecule is CN(C)c1ccccc1NCC(O)COC1CCCCC1. The van der Waals surface area contributed by atoms with Crippen LogP contribution < -0.4 is 10.2 Å². The van der Waals surface area contributed by atoms with Crippen LogP contribution in [0.2, 0.25) is 0 Å². The van der Waals surface area contributed by atoms with Gasteiger partial charge < -0.3 is 20.1 Å². The number of aliphatic hydroxyl groups is 1. The number of hydrogen-bond donors (Lipinski definition) is 2. The topological polar surface area (TPSA) is 44.7 Å². The molecule has 0 saturated heterocycles. The van der Waals surface area contributed by atoms with Crippen molar-refractivity contribution >= 4 is 11.4 Å². The molecule has 0 spiro atoms. The molecule has 0 aromatic heterocycles. The van der Waals surface area contributed by atoms with Gasteiger partial charge in [0.2, 0.25) is 0 Å². The van der Waals surface area contributed by atoms with E-state index in [1.54, 1.807) is 0 Å². The van der Waals surface area contributed by atoms with Crippen molar-refractivity contribution in [2.45, 2.75) is 44.3 Å². The summed E-state index contributed by atoms with van der Waals surface area (Å²) in [5.74, 6) is 0. The van der Waals surface area contributed by atoms with Gasteiger partial charge in [0.1, 0.15) is 0 Å². The van der Waals surface area contributed by atoms with E-state index < -0.39 is 6.10 Å². The second kappa shape index (κ2) is 8.25. The van der Waals surface area contributed by atoms with Crippen molar-refractivity contribution in [3.8, 4) is 0 Å². The number of anilines is 2. The average molecular weight is 292 g/mol. The fourth-order valence-electron chi connectivity index (χ4n) is 2.78. The lowest BCUT2D eigenvalue weighted by Gasteiger charge is -2.24. The third-order valence-corrected chi connectivity index (χ3v) is 3.99. The molecule has 1 aliphatic rings. The van der Waals surface area contributed by atoms with Crippen molar-refractivity contribution in [2.75, 3.05) is 37.5 Å². The van der Waals surface area contributed by atoms with Crippen LogP contribution >= 0.6 is 0 Å². The van der Waals surface area contributed by atoms with E-state index in [0.717, 1.165) is 24.2 Å². The quantitative estimate of drug-likeness (QED) is 0.811. The van der Waals surface area contributed by atoms with Gasteiger partial charge in [-0.05, 0) is 25.0 Å². The molecule has 4 heteroatoms. The number of ether oxygens (including phenoxy) is 1. The molecule has 1 aromatic rings. The van der Waals surface area contributed by atoms with Gasteiger partial charge in [0.15, 0.2) is 0 Å². The van der Waals surface area contributed by atoms with Crippen molar-refractivity contribution < 1.29 is 9.84 Å². The summed E-state index contributed by atoms with van der Waals surface area (Å²) in [6.45, 7) is 0.930. The summed E-state index contributed by atoms with van der Waals surface area (Å²) < 4.78 is 5.81. The molecule has 0 bridgehead atoms. The lowest BCUT2D eigenvalue weighted by Crippen LogP contribution is -2.29. The van der Waals surface area contributed by atoms with Gasteiger partial charge in [-0.3, -0.25) is 0 Å². The molecule has 2 N–H and O–H groups in total. The first-order chi connectivity index (χ1) is 10.2. The summed E-state index contributed by atoms with van der Waals surface area (Å²) in [6.07, 6.45) is 6.01. The second-order valence-corrected chi connectivity index (χ2v) is 6.04. The maximum atomic E-state index is 10.1. The van der Waals surface area contributed by atoms with Crippen LogP contribution in [0.4, 0.5) is 11.4 Å². The van der Waals surface area contributed by atoms with Crippen LogP contribution in [0.15, 0.2) is 24.3 Å².